The highest BCUT2D eigenvalue weighted by atomic mass is 16.5. The van der Waals surface area contributed by atoms with E-state index in [9.17, 15) is 0 Å². The van der Waals surface area contributed by atoms with Crippen LogP contribution in [0.1, 0.15) is 45.2 Å². The molecule has 120 valence electrons. The molecular weight excluding hydrogens is 264 g/mol. The van der Waals surface area contributed by atoms with Crippen molar-refractivity contribution in [3.8, 4) is 0 Å². The van der Waals surface area contributed by atoms with Crippen molar-refractivity contribution in [1.82, 2.24) is 20.0 Å². The molecule has 2 heterocycles. The maximum Gasteiger partial charge on any atom is 0.0898 e. The van der Waals surface area contributed by atoms with Gasteiger partial charge in [-0.05, 0) is 25.9 Å². The van der Waals surface area contributed by atoms with Gasteiger partial charge in [0.15, 0.2) is 0 Å². The number of likely N-dealkylation sites (N-methyl/N-ethyl adjacent to an activating group) is 1. The maximum atomic E-state index is 6.05. The van der Waals surface area contributed by atoms with Crippen LogP contribution in [0.4, 0.5) is 0 Å². The van der Waals surface area contributed by atoms with E-state index in [0.29, 0.717) is 0 Å². The van der Waals surface area contributed by atoms with Crippen molar-refractivity contribution < 1.29 is 4.74 Å². The molecule has 0 bridgehead atoms. The predicted octanol–water partition coefficient (Wildman–Crippen LogP) is 2.05. The molecule has 0 spiro atoms. The highest BCUT2D eigenvalue weighted by molar-refractivity contribution is 5.13. The highest BCUT2D eigenvalue weighted by Crippen LogP contribution is 2.22. The summed E-state index contributed by atoms with van der Waals surface area (Å²) in [7, 11) is 0. The molecule has 0 radical (unpaired) electrons. The second-order valence-corrected chi connectivity index (χ2v) is 5.77. The van der Waals surface area contributed by atoms with Crippen LogP contribution in [0.5, 0.6) is 0 Å². The first-order chi connectivity index (χ1) is 10.3. The topological polar surface area (TPSA) is 42.3 Å². The number of nitrogens with one attached hydrogen (secondary N) is 1. The molecular formula is C16H30N4O. The lowest BCUT2D eigenvalue weighted by Crippen LogP contribution is -2.48. The maximum absolute atomic E-state index is 6.05. The third-order valence-electron chi connectivity index (χ3n) is 4.08. The zero-order valence-corrected chi connectivity index (χ0v) is 13.7. The minimum Gasteiger partial charge on any atom is -0.374 e. The van der Waals surface area contributed by atoms with E-state index in [1.54, 1.807) is 0 Å². The van der Waals surface area contributed by atoms with Crippen molar-refractivity contribution in [2.45, 2.75) is 52.3 Å². The van der Waals surface area contributed by atoms with Gasteiger partial charge in [-0.1, -0.05) is 20.8 Å². The van der Waals surface area contributed by atoms with E-state index in [1.165, 1.54) is 5.56 Å². The lowest BCUT2D eigenvalue weighted by atomic mass is 10.0. The van der Waals surface area contributed by atoms with E-state index in [4.69, 9.17) is 4.74 Å². The first kappa shape index (κ1) is 16.5. The Hall–Kier alpha value is -0.910. The van der Waals surface area contributed by atoms with Crippen LogP contribution in [0.25, 0.3) is 0 Å². The molecule has 5 nitrogen and oxygen atoms in total. The molecule has 0 saturated carbocycles. The average molecular weight is 294 g/mol. The summed E-state index contributed by atoms with van der Waals surface area (Å²) in [4.78, 5) is 2.46. The molecule has 21 heavy (non-hydrogen) atoms. The summed E-state index contributed by atoms with van der Waals surface area (Å²) in [6.07, 6.45) is 6.62. The fourth-order valence-corrected chi connectivity index (χ4v) is 2.88. The van der Waals surface area contributed by atoms with E-state index in [1.807, 2.05) is 10.9 Å². The number of hydrogen-bond donors (Lipinski definition) is 1. The van der Waals surface area contributed by atoms with Gasteiger partial charge < -0.3 is 10.1 Å². The molecule has 1 aromatic heterocycles. The van der Waals surface area contributed by atoms with Crippen LogP contribution in [0.15, 0.2) is 12.4 Å². The van der Waals surface area contributed by atoms with Crippen molar-refractivity contribution in [2.24, 2.45) is 0 Å². The number of rotatable bonds is 8. The van der Waals surface area contributed by atoms with Crippen molar-refractivity contribution in [2.75, 3.05) is 32.8 Å². The fraction of sp³-hybridized carbons (Fsp3) is 0.812. The van der Waals surface area contributed by atoms with Gasteiger partial charge in [-0.2, -0.15) is 5.10 Å². The van der Waals surface area contributed by atoms with Crippen LogP contribution < -0.4 is 5.32 Å². The number of aryl methyl sites for hydroxylation is 1. The van der Waals surface area contributed by atoms with Gasteiger partial charge in [0.1, 0.15) is 0 Å². The first-order valence-electron chi connectivity index (χ1n) is 8.38. The molecule has 2 atom stereocenters. The zero-order chi connectivity index (χ0) is 15.1. The van der Waals surface area contributed by atoms with E-state index >= 15 is 0 Å². The van der Waals surface area contributed by atoms with Crippen molar-refractivity contribution in [1.29, 1.82) is 0 Å². The Bertz CT molecular complexity index is 407. The van der Waals surface area contributed by atoms with Crippen LogP contribution in [0, 0.1) is 0 Å². The minimum absolute atomic E-state index is 0.213. The Balaban J connectivity index is 2.08. The van der Waals surface area contributed by atoms with Gasteiger partial charge in [-0.3, -0.25) is 9.58 Å². The number of hydrogen-bond acceptors (Lipinski definition) is 4. The number of aromatic nitrogens is 2. The van der Waals surface area contributed by atoms with Crippen molar-refractivity contribution in [3.63, 3.8) is 0 Å². The lowest BCUT2D eigenvalue weighted by molar-refractivity contribution is -0.0455. The smallest absolute Gasteiger partial charge is 0.0898 e. The quantitative estimate of drug-likeness (QED) is 0.797. The molecule has 1 fully saturated rings. The van der Waals surface area contributed by atoms with Gasteiger partial charge in [0.05, 0.1) is 24.9 Å². The van der Waals surface area contributed by atoms with Gasteiger partial charge in [0, 0.05) is 31.4 Å². The molecule has 0 aromatic carbocycles. The molecule has 0 aliphatic carbocycles. The van der Waals surface area contributed by atoms with Gasteiger partial charge in [-0.25, -0.2) is 0 Å². The lowest BCUT2D eigenvalue weighted by Gasteiger charge is -2.36. The van der Waals surface area contributed by atoms with Crippen LogP contribution in [0.2, 0.25) is 0 Å². The normalized spacial score (nSPS) is 21.6. The van der Waals surface area contributed by atoms with E-state index < -0.39 is 0 Å². The molecule has 1 saturated heterocycles. The summed E-state index contributed by atoms with van der Waals surface area (Å²) >= 11 is 0. The summed E-state index contributed by atoms with van der Waals surface area (Å²) in [6, 6.07) is 0.241. The molecule has 0 amide bonds. The molecule has 2 rings (SSSR count). The van der Waals surface area contributed by atoms with E-state index in [0.717, 1.165) is 52.2 Å². The number of morpholine rings is 1. The Morgan fingerprint density at radius 3 is 2.95 bits per heavy atom. The molecule has 2 unspecified atom stereocenters. The van der Waals surface area contributed by atoms with Crippen molar-refractivity contribution in [3.05, 3.63) is 18.0 Å². The number of ether oxygens (including phenoxy) is 1. The Morgan fingerprint density at radius 1 is 1.38 bits per heavy atom. The van der Waals surface area contributed by atoms with E-state index in [2.05, 4.69) is 42.3 Å². The Labute approximate surface area is 128 Å². The van der Waals surface area contributed by atoms with Gasteiger partial charge in [-0.15, -0.1) is 0 Å². The van der Waals surface area contributed by atoms with Crippen LogP contribution in [-0.4, -0.2) is 53.6 Å². The monoisotopic (exact) mass is 294 g/mol. The minimum atomic E-state index is 0.213. The molecule has 1 N–H and O–H groups in total. The number of nitrogens with zero attached hydrogens (tertiary/aromatic N) is 3. The first-order valence-corrected chi connectivity index (χ1v) is 8.38. The summed E-state index contributed by atoms with van der Waals surface area (Å²) in [6.45, 7) is 12.5. The standard InChI is InChI=1S/C16H30N4O/c1-4-7-17-16(14-11-18-20(12-14)8-5-2)15-13-19(6-3)9-10-21-15/h11-12,15-17H,4-10,13H2,1-3H3. The third-order valence-corrected chi connectivity index (χ3v) is 4.08. The summed E-state index contributed by atoms with van der Waals surface area (Å²) < 4.78 is 8.09. The van der Waals surface area contributed by atoms with Crippen LogP contribution in [0.3, 0.4) is 0 Å². The van der Waals surface area contributed by atoms with E-state index in [-0.39, 0.29) is 12.1 Å². The van der Waals surface area contributed by atoms with Gasteiger partial charge >= 0.3 is 0 Å². The molecule has 1 aromatic rings. The third kappa shape index (κ3) is 4.53. The molecule has 1 aliphatic heterocycles. The average Bonchev–Trinajstić information content (AvgIpc) is 2.97. The highest BCUT2D eigenvalue weighted by Gasteiger charge is 2.29. The Kier molecular flexibility index (Phi) is 6.67. The van der Waals surface area contributed by atoms with Crippen molar-refractivity contribution >= 4 is 0 Å². The van der Waals surface area contributed by atoms with Gasteiger partial charge in [0.2, 0.25) is 0 Å². The van der Waals surface area contributed by atoms with Crippen LogP contribution in [-0.2, 0) is 11.3 Å². The second kappa shape index (κ2) is 8.51. The second-order valence-electron chi connectivity index (χ2n) is 5.77. The van der Waals surface area contributed by atoms with Gasteiger partial charge in [0.25, 0.3) is 0 Å². The molecule has 5 heteroatoms. The largest absolute Gasteiger partial charge is 0.374 e. The zero-order valence-electron chi connectivity index (χ0n) is 13.7. The Morgan fingerprint density at radius 2 is 2.24 bits per heavy atom. The summed E-state index contributed by atoms with van der Waals surface area (Å²) in [5.41, 5.74) is 1.25. The predicted molar refractivity (Wildman–Crippen MR) is 85.4 cm³/mol. The summed E-state index contributed by atoms with van der Waals surface area (Å²) in [5, 5.41) is 8.13. The summed E-state index contributed by atoms with van der Waals surface area (Å²) in [5.74, 6) is 0. The molecule has 1 aliphatic rings. The SMILES string of the molecule is CCCNC(c1cnn(CCC)c1)C1CN(CC)CCO1. The van der Waals surface area contributed by atoms with Crippen LogP contribution >= 0.6 is 0 Å². The fourth-order valence-electron chi connectivity index (χ4n) is 2.88.